The summed E-state index contributed by atoms with van der Waals surface area (Å²) in [5.74, 6) is -0.127. The molecule has 1 fully saturated rings. The average Bonchev–Trinajstić information content (AvgIpc) is 3.14. The maximum atomic E-state index is 13.2. The van der Waals surface area contributed by atoms with Crippen molar-refractivity contribution in [2.45, 2.75) is 51.5 Å². The number of carboxylic acid groups (broad SMARTS) is 1. The van der Waals surface area contributed by atoms with Crippen LogP contribution >= 0.6 is 0 Å². The Morgan fingerprint density at radius 1 is 1.16 bits per heavy atom. The van der Waals surface area contributed by atoms with Gasteiger partial charge in [-0.15, -0.1) is 0 Å². The number of ether oxygens (including phenoxy) is 1. The highest BCUT2D eigenvalue weighted by molar-refractivity contribution is 5.95. The maximum Gasteiger partial charge on any atom is 0.305 e. The molecule has 2 N–H and O–H groups in total. The quantitative estimate of drug-likeness (QED) is 0.542. The molecule has 4 rings (SSSR count). The number of hydrogen-bond donors (Lipinski definition) is 2. The Bertz CT molecular complexity index is 1090. The Hall–Kier alpha value is -3.35. The highest BCUT2D eigenvalue weighted by Gasteiger charge is 2.24. The van der Waals surface area contributed by atoms with Gasteiger partial charge >= 0.3 is 5.97 Å². The van der Waals surface area contributed by atoms with E-state index in [0.29, 0.717) is 35.3 Å². The summed E-state index contributed by atoms with van der Waals surface area (Å²) >= 11 is 0. The molecule has 2 heterocycles. The number of nitrogens with zero attached hydrogens (tertiary/aromatic N) is 2. The van der Waals surface area contributed by atoms with Crippen LogP contribution in [-0.4, -0.2) is 33.0 Å². The zero-order chi connectivity index (χ0) is 22.5. The monoisotopic (exact) mass is 435 g/mol. The second-order valence-corrected chi connectivity index (χ2v) is 8.46. The third-order valence-electron chi connectivity index (χ3n) is 6.09. The summed E-state index contributed by atoms with van der Waals surface area (Å²) in [5.41, 5.74) is 2.29. The second kappa shape index (κ2) is 9.85. The molecule has 0 aliphatic heterocycles. The number of fused-ring (bicyclic) bond motifs is 1. The van der Waals surface area contributed by atoms with Crippen LogP contribution in [0.3, 0.4) is 0 Å². The van der Waals surface area contributed by atoms with E-state index < -0.39 is 12.0 Å². The maximum absolute atomic E-state index is 13.2. The first-order chi connectivity index (χ1) is 15.5. The van der Waals surface area contributed by atoms with Gasteiger partial charge in [0.2, 0.25) is 0 Å². The number of hydrogen-bond acceptors (Lipinski definition) is 4. The number of imidazole rings is 1. The molecule has 0 radical (unpaired) electrons. The minimum Gasteiger partial charge on any atom is -0.489 e. The molecule has 32 heavy (non-hydrogen) atoms. The van der Waals surface area contributed by atoms with Crippen molar-refractivity contribution >= 4 is 17.5 Å². The van der Waals surface area contributed by atoms with Crippen molar-refractivity contribution < 1.29 is 19.4 Å². The number of aromatic nitrogens is 2. The Morgan fingerprint density at radius 2 is 1.91 bits per heavy atom. The van der Waals surface area contributed by atoms with Crippen LogP contribution in [0.25, 0.3) is 5.65 Å². The molecular weight excluding hydrogens is 406 g/mol. The van der Waals surface area contributed by atoms with Gasteiger partial charge in [-0.1, -0.05) is 49.6 Å². The molecule has 0 unspecified atom stereocenters. The van der Waals surface area contributed by atoms with Crippen LogP contribution in [0, 0.1) is 12.8 Å². The van der Waals surface area contributed by atoms with E-state index in [1.54, 1.807) is 17.5 Å². The number of nitrogens with one attached hydrogen (secondary N) is 1. The van der Waals surface area contributed by atoms with Crippen molar-refractivity contribution in [3.8, 4) is 5.75 Å². The van der Waals surface area contributed by atoms with Gasteiger partial charge in [0, 0.05) is 6.20 Å². The highest BCUT2D eigenvalue weighted by atomic mass is 16.5. The molecule has 3 aromatic rings. The van der Waals surface area contributed by atoms with E-state index in [1.807, 2.05) is 42.5 Å². The minimum atomic E-state index is -0.979. The lowest BCUT2D eigenvalue weighted by Crippen LogP contribution is -2.31. The van der Waals surface area contributed by atoms with Crippen LogP contribution in [-0.2, 0) is 4.79 Å². The standard InChI is InChI=1S/C25H29N3O4/c1-17-23(25(31)27-20(15-22(29)30)19-11-6-3-7-12-19)28-14-8-13-21(24(28)26-17)32-16-18-9-4-2-5-10-18/h3,6-8,11-14,18,20H,2,4-5,9-10,15-16H2,1H3,(H,27,31)(H,29,30)/t20-/m0/s1. The smallest absolute Gasteiger partial charge is 0.305 e. The van der Waals surface area contributed by atoms with E-state index in [9.17, 15) is 14.7 Å². The lowest BCUT2D eigenvalue weighted by molar-refractivity contribution is -0.137. The molecule has 7 nitrogen and oxygen atoms in total. The SMILES string of the molecule is Cc1nc2c(OCC3CCCCC3)cccn2c1C(=O)N[C@@H](CC(=O)O)c1ccccc1. The summed E-state index contributed by atoms with van der Waals surface area (Å²) < 4.78 is 7.84. The van der Waals surface area contributed by atoms with Crippen molar-refractivity contribution in [3.63, 3.8) is 0 Å². The lowest BCUT2D eigenvalue weighted by atomic mass is 9.90. The van der Waals surface area contributed by atoms with Gasteiger partial charge in [0.25, 0.3) is 5.91 Å². The van der Waals surface area contributed by atoms with E-state index >= 15 is 0 Å². The number of amides is 1. The summed E-state index contributed by atoms with van der Waals surface area (Å²) in [7, 11) is 0. The summed E-state index contributed by atoms with van der Waals surface area (Å²) in [6, 6.07) is 12.2. The first-order valence-electron chi connectivity index (χ1n) is 11.2. The third-order valence-corrected chi connectivity index (χ3v) is 6.09. The number of aryl methyl sites for hydroxylation is 1. The fourth-order valence-corrected chi connectivity index (χ4v) is 4.44. The van der Waals surface area contributed by atoms with Gasteiger partial charge in [0.15, 0.2) is 11.4 Å². The van der Waals surface area contributed by atoms with E-state index in [4.69, 9.17) is 4.74 Å². The van der Waals surface area contributed by atoms with Crippen LogP contribution in [0.4, 0.5) is 0 Å². The second-order valence-electron chi connectivity index (χ2n) is 8.46. The summed E-state index contributed by atoms with van der Waals surface area (Å²) in [5, 5.41) is 12.2. The fraction of sp³-hybridized carbons (Fsp3) is 0.400. The third kappa shape index (κ3) is 4.93. The minimum absolute atomic E-state index is 0.207. The van der Waals surface area contributed by atoms with Gasteiger partial charge < -0.3 is 15.2 Å². The molecule has 1 amide bonds. The van der Waals surface area contributed by atoms with E-state index in [-0.39, 0.29) is 12.3 Å². The summed E-state index contributed by atoms with van der Waals surface area (Å²) in [6.45, 7) is 2.43. The Morgan fingerprint density at radius 3 is 2.62 bits per heavy atom. The van der Waals surface area contributed by atoms with Gasteiger partial charge in [-0.05, 0) is 43.4 Å². The van der Waals surface area contributed by atoms with Crippen molar-refractivity contribution in [1.82, 2.24) is 14.7 Å². The molecule has 0 bridgehead atoms. The number of carbonyl (C=O) groups excluding carboxylic acids is 1. The first kappa shape index (κ1) is 21.9. The molecule has 0 spiro atoms. The zero-order valence-corrected chi connectivity index (χ0v) is 18.3. The Kier molecular flexibility index (Phi) is 6.73. The van der Waals surface area contributed by atoms with Gasteiger partial charge in [-0.25, -0.2) is 4.98 Å². The van der Waals surface area contributed by atoms with Gasteiger partial charge in [-0.2, -0.15) is 0 Å². The number of pyridine rings is 1. The first-order valence-corrected chi connectivity index (χ1v) is 11.2. The highest BCUT2D eigenvalue weighted by Crippen LogP contribution is 2.27. The summed E-state index contributed by atoms with van der Waals surface area (Å²) in [4.78, 5) is 29.2. The van der Waals surface area contributed by atoms with Gasteiger partial charge in [0.05, 0.1) is 24.8 Å². The normalized spacial score (nSPS) is 15.4. The van der Waals surface area contributed by atoms with Crippen molar-refractivity contribution in [2.24, 2.45) is 5.92 Å². The van der Waals surface area contributed by atoms with Crippen LogP contribution in [0.1, 0.15) is 66.3 Å². The molecule has 0 saturated heterocycles. The van der Waals surface area contributed by atoms with E-state index in [2.05, 4.69) is 10.3 Å². The fourth-order valence-electron chi connectivity index (χ4n) is 4.44. The molecule has 7 heteroatoms. The number of carbonyl (C=O) groups is 2. The summed E-state index contributed by atoms with van der Waals surface area (Å²) in [6.07, 6.45) is 7.76. The van der Waals surface area contributed by atoms with Crippen molar-refractivity contribution in [1.29, 1.82) is 0 Å². The average molecular weight is 436 g/mol. The zero-order valence-electron chi connectivity index (χ0n) is 18.3. The molecule has 168 valence electrons. The van der Waals surface area contributed by atoms with Gasteiger partial charge in [-0.3, -0.25) is 14.0 Å². The van der Waals surface area contributed by atoms with E-state index in [1.165, 1.54) is 32.1 Å². The topological polar surface area (TPSA) is 92.9 Å². The Labute approximate surface area is 187 Å². The number of aliphatic carboxylic acids is 1. The molecule has 1 aliphatic carbocycles. The van der Waals surface area contributed by atoms with Crippen LogP contribution in [0.15, 0.2) is 48.7 Å². The molecule has 2 aromatic heterocycles. The molecule has 1 atom stereocenters. The molecular formula is C25H29N3O4. The number of benzene rings is 1. The van der Waals surface area contributed by atoms with Crippen LogP contribution < -0.4 is 10.1 Å². The number of carboxylic acids is 1. The van der Waals surface area contributed by atoms with Crippen LogP contribution in [0.5, 0.6) is 5.75 Å². The van der Waals surface area contributed by atoms with Crippen molar-refractivity contribution in [2.75, 3.05) is 6.61 Å². The molecule has 1 aromatic carbocycles. The molecule has 1 aliphatic rings. The Balaban J connectivity index is 1.57. The van der Waals surface area contributed by atoms with Gasteiger partial charge in [0.1, 0.15) is 5.69 Å². The number of rotatable bonds is 8. The molecule has 1 saturated carbocycles. The predicted molar refractivity (Wildman–Crippen MR) is 121 cm³/mol. The van der Waals surface area contributed by atoms with Crippen LogP contribution in [0.2, 0.25) is 0 Å². The van der Waals surface area contributed by atoms with E-state index in [0.717, 1.165) is 5.56 Å². The predicted octanol–water partition coefficient (Wildman–Crippen LogP) is 4.55. The lowest BCUT2D eigenvalue weighted by Gasteiger charge is -2.21. The largest absolute Gasteiger partial charge is 0.489 e. The van der Waals surface area contributed by atoms with Crippen molar-refractivity contribution in [3.05, 3.63) is 65.6 Å².